The van der Waals surface area contributed by atoms with E-state index in [1.54, 1.807) is 11.3 Å². The summed E-state index contributed by atoms with van der Waals surface area (Å²) in [6.45, 7) is 5.23. The Kier molecular flexibility index (Phi) is 4.49. The van der Waals surface area contributed by atoms with Gasteiger partial charge in [0.2, 0.25) is 0 Å². The summed E-state index contributed by atoms with van der Waals surface area (Å²) < 4.78 is 1.99. The van der Waals surface area contributed by atoms with Gasteiger partial charge in [-0.1, -0.05) is 6.92 Å². The van der Waals surface area contributed by atoms with Gasteiger partial charge in [-0.25, -0.2) is 9.97 Å². The first-order valence-electron chi connectivity index (χ1n) is 6.31. The normalized spacial score (nSPS) is 12.8. The van der Waals surface area contributed by atoms with Crippen LogP contribution in [0.4, 0.5) is 0 Å². The van der Waals surface area contributed by atoms with Crippen molar-refractivity contribution in [3.63, 3.8) is 0 Å². The molecule has 1 unspecified atom stereocenters. The van der Waals surface area contributed by atoms with E-state index in [2.05, 4.69) is 33.8 Å². The second kappa shape index (κ2) is 6.11. The van der Waals surface area contributed by atoms with Crippen molar-refractivity contribution in [3.05, 3.63) is 34.3 Å². The summed E-state index contributed by atoms with van der Waals surface area (Å²) in [6.07, 6.45) is 5.95. The Labute approximate surface area is 112 Å². The van der Waals surface area contributed by atoms with Crippen LogP contribution in [0.5, 0.6) is 0 Å². The summed E-state index contributed by atoms with van der Waals surface area (Å²) in [5, 5.41) is 6.81. The summed E-state index contributed by atoms with van der Waals surface area (Å²) in [6, 6.07) is 0.257. The lowest BCUT2D eigenvalue weighted by Crippen LogP contribution is -2.24. The Morgan fingerprint density at radius 1 is 1.50 bits per heavy atom. The van der Waals surface area contributed by atoms with E-state index in [4.69, 9.17) is 0 Å². The fraction of sp³-hybridized carbons (Fsp3) is 0.538. The van der Waals surface area contributed by atoms with Crippen molar-refractivity contribution in [2.45, 2.75) is 32.7 Å². The minimum atomic E-state index is 0.257. The molecule has 1 atom stereocenters. The molecule has 2 rings (SSSR count). The van der Waals surface area contributed by atoms with Crippen LogP contribution in [-0.2, 0) is 13.5 Å². The first-order chi connectivity index (χ1) is 8.69. The predicted octanol–water partition coefficient (Wildman–Crippen LogP) is 2.47. The zero-order chi connectivity index (χ0) is 13.0. The number of hydrogen-bond acceptors (Lipinski definition) is 4. The van der Waals surface area contributed by atoms with Gasteiger partial charge in [0, 0.05) is 25.0 Å². The maximum absolute atomic E-state index is 4.53. The van der Waals surface area contributed by atoms with E-state index in [0.29, 0.717) is 0 Å². The monoisotopic (exact) mass is 264 g/mol. The van der Waals surface area contributed by atoms with Gasteiger partial charge in [0.25, 0.3) is 0 Å². The van der Waals surface area contributed by atoms with Gasteiger partial charge >= 0.3 is 0 Å². The molecule has 0 saturated heterocycles. The number of nitrogens with zero attached hydrogens (tertiary/aromatic N) is 3. The number of imidazole rings is 1. The SMILES string of the molecule is CCCNC(Cc1csc(C)n1)c1cn(C)cn1. The van der Waals surface area contributed by atoms with Crippen LogP contribution in [0.25, 0.3) is 0 Å². The molecule has 2 heterocycles. The van der Waals surface area contributed by atoms with Crippen LogP contribution in [-0.4, -0.2) is 21.1 Å². The van der Waals surface area contributed by atoms with Crippen molar-refractivity contribution in [2.75, 3.05) is 6.54 Å². The summed E-state index contributed by atoms with van der Waals surface area (Å²) in [5.74, 6) is 0. The molecule has 0 amide bonds. The number of thiazole rings is 1. The third-order valence-corrected chi connectivity index (χ3v) is 3.62. The summed E-state index contributed by atoms with van der Waals surface area (Å²) >= 11 is 1.71. The molecule has 0 saturated carbocycles. The third kappa shape index (κ3) is 3.40. The van der Waals surface area contributed by atoms with Crippen LogP contribution in [0.2, 0.25) is 0 Å². The van der Waals surface area contributed by atoms with Gasteiger partial charge < -0.3 is 9.88 Å². The van der Waals surface area contributed by atoms with Crippen molar-refractivity contribution in [2.24, 2.45) is 7.05 Å². The van der Waals surface area contributed by atoms with E-state index < -0.39 is 0 Å². The molecule has 1 N–H and O–H groups in total. The molecule has 0 radical (unpaired) electrons. The van der Waals surface area contributed by atoms with E-state index in [9.17, 15) is 0 Å². The highest BCUT2D eigenvalue weighted by molar-refractivity contribution is 7.09. The third-order valence-electron chi connectivity index (χ3n) is 2.80. The second-order valence-corrected chi connectivity index (χ2v) is 5.59. The molecule has 0 aliphatic heterocycles. The Morgan fingerprint density at radius 2 is 2.33 bits per heavy atom. The lowest BCUT2D eigenvalue weighted by atomic mass is 10.1. The molecular weight excluding hydrogens is 244 g/mol. The minimum Gasteiger partial charge on any atom is -0.340 e. The Bertz CT molecular complexity index is 489. The zero-order valence-corrected chi connectivity index (χ0v) is 12.0. The predicted molar refractivity (Wildman–Crippen MR) is 74.8 cm³/mol. The van der Waals surface area contributed by atoms with Crippen LogP contribution in [0.15, 0.2) is 17.9 Å². The van der Waals surface area contributed by atoms with Crippen LogP contribution < -0.4 is 5.32 Å². The summed E-state index contributed by atoms with van der Waals surface area (Å²) in [4.78, 5) is 8.98. The largest absolute Gasteiger partial charge is 0.340 e. The smallest absolute Gasteiger partial charge is 0.0947 e. The van der Waals surface area contributed by atoms with Crippen molar-refractivity contribution in [1.29, 1.82) is 0 Å². The molecule has 0 aromatic carbocycles. The molecule has 0 aliphatic rings. The van der Waals surface area contributed by atoms with Crippen LogP contribution in [0.3, 0.4) is 0 Å². The molecule has 0 fully saturated rings. The first-order valence-corrected chi connectivity index (χ1v) is 7.19. The van der Waals surface area contributed by atoms with E-state index in [0.717, 1.165) is 35.8 Å². The highest BCUT2D eigenvalue weighted by Gasteiger charge is 2.15. The summed E-state index contributed by atoms with van der Waals surface area (Å²) in [7, 11) is 2.00. The summed E-state index contributed by atoms with van der Waals surface area (Å²) in [5.41, 5.74) is 2.24. The quantitative estimate of drug-likeness (QED) is 0.871. The van der Waals surface area contributed by atoms with Gasteiger partial charge in [-0.2, -0.15) is 0 Å². The van der Waals surface area contributed by atoms with Crippen molar-refractivity contribution >= 4 is 11.3 Å². The van der Waals surface area contributed by atoms with E-state index in [1.807, 2.05) is 24.9 Å². The lowest BCUT2D eigenvalue weighted by molar-refractivity contribution is 0.515. The fourth-order valence-corrected chi connectivity index (χ4v) is 2.55. The average Bonchev–Trinajstić information content (AvgIpc) is 2.93. The first kappa shape index (κ1) is 13.2. The number of rotatable bonds is 6. The minimum absolute atomic E-state index is 0.257. The van der Waals surface area contributed by atoms with Crippen LogP contribution >= 0.6 is 11.3 Å². The fourth-order valence-electron chi connectivity index (χ4n) is 1.92. The van der Waals surface area contributed by atoms with Gasteiger partial charge in [-0.15, -0.1) is 11.3 Å². The second-order valence-electron chi connectivity index (χ2n) is 4.53. The lowest BCUT2D eigenvalue weighted by Gasteiger charge is -2.15. The Morgan fingerprint density at radius 3 is 2.89 bits per heavy atom. The maximum Gasteiger partial charge on any atom is 0.0947 e. The van der Waals surface area contributed by atoms with E-state index >= 15 is 0 Å². The molecule has 0 spiro atoms. The molecule has 0 aliphatic carbocycles. The van der Waals surface area contributed by atoms with Gasteiger partial charge in [-0.05, 0) is 19.9 Å². The molecule has 5 heteroatoms. The standard InChI is InChI=1S/C13H20N4S/c1-4-5-14-12(13-7-17(3)9-15-13)6-11-8-18-10(2)16-11/h7-9,12,14H,4-6H2,1-3H3. The topological polar surface area (TPSA) is 42.7 Å². The highest BCUT2D eigenvalue weighted by Crippen LogP contribution is 2.18. The Hall–Kier alpha value is -1.20. The van der Waals surface area contributed by atoms with Crippen LogP contribution in [0, 0.1) is 6.92 Å². The van der Waals surface area contributed by atoms with Crippen LogP contribution in [0.1, 0.15) is 35.8 Å². The van der Waals surface area contributed by atoms with Gasteiger partial charge in [0.15, 0.2) is 0 Å². The maximum atomic E-state index is 4.53. The molecule has 2 aromatic heterocycles. The van der Waals surface area contributed by atoms with E-state index in [-0.39, 0.29) is 6.04 Å². The molecule has 0 bridgehead atoms. The Balaban J connectivity index is 2.09. The van der Waals surface area contributed by atoms with Gasteiger partial charge in [0.1, 0.15) is 0 Å². The molecule has 2 aromatic rings. The molecule has 98 valence electrons. The van der Waals surface area contributed by atoms with Crippen molar-refractivity contribution in [3.8, 4) is 0 Å². The number of aromatic nitrogens is 3. The van der Waals surface area contributed by atoms with E-state index in [1.165, 1.54) is 0 Å². The average molecular weight is 264 g/mol. The zero-order valence-electron chi connectivity index (χ0n) is 11.2. The highest BCUT2D eigenvalue weighted by atomic mass is 32.1. The number of nitrogens with one attached hydrogen (secondary N) is 1. The molecular formula is C13H20N4S. The molecule has 18 heavy (non-hydrogen) atoms. The molecule has 4 nitrogen and oxygen atoms in total. The van der Waals surface area contributed by atoms with Crippen molar-refractivity contribution in [1.82, 2.24) is 19.9 Å². The van der Waals surface area contributed by atoms with Gasteiger partial charge in [-0.3, -0.25) is 0 Å². The number of aryl methyl sites for hydroxylation is 2. The van der Waals surface area contributed by atoms with Crippen molar-refractivity contribution < 1.29 is 0 Å². The number of hydrogen-bond donors (Lipinski definition) is 1. The van der Waals surface area contributed by atoms with Gasteiger partial charge in [0.05, 0.1) is 28.8 Å².